The van der Waals surface area contributed by atoms with E-state index in [2.05, 4.69) is 43.1 Å². The second kappa shape index (κ2) is 8.04. The summed E-state index contributed by atoms with van der Waals surface area (Å²) in [6.07, 6.45) is 1.73. The summed E-state index contributed by atoms with van der Waals surface area (Å²) >= 11 is 3.24. The fourth-order valence-corrected chi connectivity index (χ4v) is 4.59. The minimum atomic E-state index is -0.141. The van der Waals surface area contributed by atoms with E-state index in [1.165, 1.54) is 0 Å². The lowest BCUT2D eigenvalue weighted by Gasteiger charge is -2.10. The highest BCUT2D eigenvalue weighted by atomic mass is 32.1. The second-order valence-electron chi connectivity index (χ2n) is 7.47. The van der Waals surface area contributed by atoms with Gasteiger partial charge < -0.3 is 5.32 Å². The van der Waals surface area contributed by atoms with Crippen LogP contribution in [0, 0.1) is 0 Å². The molecule has 8 heteroatoms. The van der Waals surface area contributed by atoms with Gasteiger partial charge in [-0.2, -0.15) is 5.10 Å². The molecule has 0 radical (unpaired) electrons. The summed E-state index contributed by atoms with van der Waals surface area (Å²) in [5.41, 5.74) is 2.99. The van der Waals surface area contributed by atoms with Crippen LogP contribution in [0.4, 0.5) is 0 Å². The van der Waals surface area contributed by atoms with E-state index in [0.29, 0.717) is 18.0 Å². The first-order chi connectivity index (χ1) is 13.9. The van der Waals surface area contributed by atoms with Crippen molar-refractivity contribution in [3.05, 3.63) is 51.4 Å². The molecule has 0 fully saturated rings. The zero-order valence-corrected chi connectivity index (χ0v) is 18.5. The smallest absolute Gasteiger partial charge is 0.252 e. The largest absolute Gasteiger partial charge is 0.346 e. The Hall–Kier alpha value is -2.58. The van der Waals surface area contributed by atoms with Crippen molar-refractivity contribution in [1.29, 1.82) is 0 Å². The van der Waals surface area contributed by atoms with Gasteiger partial charge in [0.1, 0.15) is 0 Å². The molecule has 0 unspecified atom stereocenters. The fourth-order valence-electron chi connectivity index (χ4n) is 3.07. The maximum absolute atomic E-state index is 13.1. The number of rotatable bonds is 6. The Morgan fingerprint density at radius 3 is 2.69 bits per heavy atom. The molecule has 1 N–H and O–H groups in total. The number of pyridine rings is 1. The van der Waals surface area contributed by atoms with Gasteiger partial charge in [-0.15, -0.1) is 22.7 Å². The molecule has 0 saturated heterocycles. The van der Waals surface area contributed by atoms with E-state index in [-0.39, 0.29) is 11.9 Å². The van der Waals surface area contributed by atoms with Crippen LogP contribution in [-0.2, 0) is 6.54 Å². The molecule has 6 nitrogen and oxygen atoms in total. The van der Waals surface area contributed by atoms with Gasteiger partial charge in [0, 0.05) is 17.3 Å². The average molecular weight is 426 g/mol. The molecule has 0 bridgehead atoms. The van der Waals surface area contributed by atoms with E-state index in [9.17, 15) is 4.79 Å². The Morgan fingerprint density at radius 1 is 1.21 bits per heavy atom. The van der Waals surface area contributed by atoms with Crippen molar-refractivity contribution >= 4 is 39.6 Å². The van der Waals surface area contributed by atoms with Crippen LogP contribution in [0.2, 0.25) is 0 Å². The van der Waals surface area contributed by atoms with Gasteiger partial charge in [0.25, 0.3) is 5.91 Å². The number of fused-ring (bicyclic) bond motifs is 1. The highest BCUT2D eigenvalue weighted by Crippen LogP contribution is 2.29. The molecule has 4 heterocycles. The van der Waals surface area contributed by atoms with Gasteiger partial charge in [0.15, 0.2) is 5.65 Å². The molecule has 0 aromatic carbocycles. The third-order valence-corrected chi connectivity index (χ3v) is 6.65. The Bertz CT molecular complexity index is 1140. The Morgan fingerprint density at radius 2 is 2.03 bits per heavy atom. The van der Waals surface area contributed by atoms with Crippen LogP contribution >= 0.6 is 22.7 Å². The van der Waals surface area contributed by atoms with Gasteiger partial charge in [-0.1, -0.05) is 19.9 Å². The summed E-state index contributed by atoms with van der Waals surface area (Å²) in [6, 6.07) is 6.01. The monoisotopic (exact) mass is 425 g/mol. The fraction of sp³-hybridized carbons (Fsp3) is 0.333. The Balaban J connectivity index is 1.68. The first kappa shape index (κ1) is 19.7. The van der Waals surface area contributed by atoms with Crippen molar-refractivity contribution in [3.8, 4) is 10.6 Å². The van der Waals surface area contributed by atoms with Gasteiger partial charge in [-0.3, -0.25) is 4.79 Å². The number of thiophene rings is 1. The molecule has 1 amide bonds. The number of nitrogens with zero attached hydrogens (tertiary/aromatic N) is 4. The lowest BCUT2D eigenvalue weighted by molar-refractivity contribution is 0.0952. The highest BCUT2D eigenvalue weighted by Gasteiger charge is 2.19. The number of aromatic nitrogens is 4. The molecule has 0 aliphatic carbocycles. The van der Waals surface area contributed by atoms with Gasteiger partial charge in [-0.05, 0) is 31.4 Å². The molecule has 29 heavy (non-hydrogen) atoms. The van der Waals surface area contributed by atoms with Gasteiger partial charge in [-0.25, -0.2) is 14.6 Å². The van der Waals surface area contributed by atoms with Crippen LogP contribution in [0.1, 0.15) is 60.7 Å². The highest BCUT2D eigenvalue weighted by molar-refractivity contribution is 7.13. The summed E-state index contributed by atoms with van der Waals surface area (Å²) < 4.78 is 1.86. The minimum absolute atomic E-state index is 0.141. The number of hydrogen-bond acceptors (Lipinski definition) is 6. The zero-order valence-electron chi connectivity index (χ0n) is 16.8. The van der Waals surface area contributed by atoms with Gasteiger partial charge in [0.05, 0.1) is 45.0 Å². The van der Waals surface area contributed by atoms with Crippen molar-refractivity contribution in [3.63, 3.8) is 0 Å². The normalized spacial score (nSPS) is 11.7. The summed E-state index contributed by atoms with van der Waals surface area (Å²) in [4.78, 5) is 23.5. The predicted molar refractivity (Wildman–Crippen MR) is 119 cm³/mol. The van der Waals surface area contributed by atoms with E-state index in [4.69, 9.17) is 4.98 Å². The Kier molecular flexibility index (Phi) is 5.47. The molecule has 0 aliphatic heterocycles. The molecule has 0 aliphatic rings. The van der Waals surface area contributed by atoms with Gasteiger partial charge in [0.2, 0.25) is 0 Å². The summed E-state index contributed by atoms with van der Waals surface area (Å²) in [7, 11) is 0. The standard InChI is InChI=1S/C21H23N5OS2/c1-12(2)21-24-14(11-29-21)9-22-20(27)15-8-17(18-6-5-7-28-18)25-19-16(15)10-23-26(19)13(3)4/h5-8,10-13H,9H2,1-4H3,(H,22,27). The molecule has 4 aromatic rings. The number of nitrogens with one attached hydrogen (secondary N) is 1. The Labute approximate surface area is 177 Å². The molecular formula is C21H23N5OS2. The van der Waals surface area contributed by atoms with Crippen LogP contribution < -0.4 is 5.32 Å². The molecule has 0 saturated carbocycles. The van der Waals surface area contributed by atoms with E-state index in [1.54, 1.807) is 28.9 Å². The quantitative estimate of drug-likeness (QED) is 0.458. The first-order valence-electron chi connectivity index (χ1n) is 9.58. The number of carbonyl (C=O) groups is 1. The summed E-state index contributed by atoms with van der Waals surface area (Å²) in [5.74, 6) is 0.247. The minimum Gasteiger partial charge on any atom is -0.346 e. The van der Waals surface area contributed by atoms with E-state index in [0.717, 1.165) is 32.3 Å². The van der Waals surface area contributed by atoms with E-state index >= 15 is 0 Å². The van der Waals surface area contributed by atoms with Crippen molar-refractivity contribution in [2.24, 2.45) is 0 Å². The van der Waals surface area contributed by atoms with Crippen LogP contribution in [0.5, 0.6) is 0 Å². The maximum Gasteiger partial charge on any atom is 0.252 e. The first-order valence-corrected chi connectivity index (χ1v) is 11.3. The van der Waals surface area contributed by atoms with Crippen LogP contribution in [0.15, 0.2) is 35.2 Å². The summed E-state index contributed by atoms with van der Waals surface area (Å²) in [5, 5.41) is 13.3. The number of amides is 1. The van der Waals surface area contributed by atoms with Crippen molar-refractivity contribution in [2.45, 2.75) is 46.2 Å². The van der Waals surface area contributed by atoms with E-state index < -0.39 is 0 Å². The molecule has 4 rings (SSSR count). The van der Waals surface area contributed by atoms with Crippen molar-refractivity contribution in [2.75, 3.05) is 0 Å². The number of carbonyl (C=O) groups excluding carboxylic acids is 1. The number of hydrogen-bond donors (Lipinski definition) is 1. The van der Waals surface area contributed by atoms with Gasteiger partial charge >= 0.3 is 0 Å². The topological polar surface area (TPSA) is 72.7 Å². The zero-order chi connectivity index (χ0) is 20.5. The average Bonchev–Trinajstić information content (AvgIpc) is 3.45. The van der Waals surface area contributed by atoms with Crippen molar-refractivity contribution in [1.82, 2.24) is 25.1 Å². The van der Waals surface area contributed by atoms with Crippen molar-refractivity contribution < 1.29 is 4.79 Å². The molecule has 150 valence electrons. The third kappa shape index (κ3) is 3.95. The lowest BCUT2D eigenvalue weighted by atomic mass is 10.1. The lowest BCUT2D eigenvalue weighted by Crippen LogP contribution is -2.23. The third-order valence-electron chi connectivity index (χ3n) is 4.57. The van der Waals surface area contributed by atoms with E-state index in [1.807, 2.05) is 33.6 Å². The second-order valence-corrected chi connectivity index (χ2v) is 9.30. The SMILES string of the molecule is CC(C)c1nc(CNC(=O)c2cc(-c3cccs3)nc3c2cnn3C(C)C)cs1. The molecular weight excluding hydrogens is 402 g/mol. The van der Waals surface area contributed by atoms with Crippen LogP contribution in [-0.4, -0.2) is 25.7 Å². The molecule has 0 atom stereocenters. The molecule has 0 spiro atoms. The summed E-state index contributed by atoms with van der Waals surface area (Å²) in [6.45, 7) is 8.75. The van der Waals surface area contributed by atoms with Crippen LogP contribution in [0.3, 0.4) is 0 Å². The van der Waals surface area contributed by atoms with Crippen LogP contribution in [0.25, 0.3) is 21.6 Å². The predicted octanol–water partition coefficient (Wildman–Crippen LogP) is 5.25. The maximum atomic E-state index is 13.1. The number of thiazole rings is 1. The molecule has 4 aromatic heterocycles.